The predicted octanol–water partition coefficient (Wildman–Crippen LogP) is 3.97. The second-order valence-electron chi connectivity index (χ2n) is 4.10. The zero-order chi connectivity index (χ0) is 13.9. The monoisotopic (exact) mass is 305 g/mol. The highest BCUT2D eigenvalue weighted by molar-refractivity contribution is 7.16. The molecule has 0 aliphatic rings. The van der Waals surface area contributed by atoms with Crippen molar-refractivity contribution >= 4 is 39.0 Å². The van der Waals surface area contributed by atoms with Crippen LogP contribution in [0.3, 0.4) is 0 Å². The van der Waals surface area contributed by atoms with Gasteiger partial charge in [-0.2, -0.15) is 0 Å². The number of para-hydroxylation sites is 1. The normalized spacial score (nSPS) is 10.7. The summed E-state index contributed by atoms with van der Waals surface area (Å²) in [5.74, 6) is 2.08. The molecule has 0 fully saturated rings. The Morgan fingerprint density at radius 2 is 2.10 bits per heavy atom. The summed E-state index contributed by atoms with van der Waals surface area (Å²) in [5, 5.41) is 6.69. The van der Waals surface area contributed by atoms with Crippen LogP contribution in [0, 0.1) is 0 Å². The van der Waals surface area contributed by atoms with Crippen LogP contribution in [0.25, 0.3) is 10.2 Å². The predicted molar refractivity (Wildman–Crippen MR) is 82.7 cm³/mol. The number of nitrogens with one attached hydrogen (secondary N) is 1. The zero-order valence-electron chi connectivity index (χ0n) is 10.8. The molecule has 0 saturated heterocycles. The Hall–Kier alpha value is -1.85. The van der Waals surface area contributed by atoms with Crippen molar-refractivity contribution in [2.24, 2.45) is 0 Å². The minimum Gasteiger partial charge on any atom is -0.484 e. The van der Waals surface area contributed by atoms with Crippen molar-refractivity contribution in [2.75, 3.05) is 12.4 Å². The summed E-state index contributed by atoms with van der Waals surface area (Å²) < 4.78 is 5.67. The summed E-state index contributed by atoms with van der Waals surface area (Å²) >= 11 is 7.63. The van der Waals surface area contributed by atoms with Gasteiger partial charge in [-0.15, -0.1) is 11.3 Å². The molecule has 3 rings (SSSR count). The van der Waals surface area contributed by atoms with Gasteiger partial charge >= 0.3 is 0 Å². The Labute approximate surface area is 125 Å². The third-order valence-electron chi connectivity index (χ3n) is 2.80. The molecule has 1 aromatic carbocycles. The Bertz CT molecular complexity index is 744. The fourth-order valence-electron chi connectivity index (χ4n) is 1.86. The number of anilines is 1. The van der Waals surface area contributed by atoms with Crippen LogP contribution in [0.2, 0.25) is 5.02 Å². The summed E-state index contributed by atoms with van der Waals surface area (Å²) in [6.45, 7) is 0.284. The summed E-state index contributed by atoms with van der Waals surface area (Å²) in [4.78, 5) is 9.89. The number of rotatable bonds is 4. The summed E-state index contributed by atoms with van der Waals surface area (Å²) in [6, 6.07) is 9.36. The molecule has 2 aromatic heterocycles. The van der Waals surface area contributed by atoms with Gasteiger partial charge in [-0.1, -0.05) is 23.7 Å². The maximum atomic E-state index is 6.05. The molecule has 0 aliphatic heterocycles. The van der Waals surface area contributed by atoms with E-state index < -0.39 is 0 Å². The first-order chi connectivity index (χ1) is 9.78. The van der Waals surface area contributed by atoms with Crippen molar-refractivity contribution in [2.45, 2.75) is 6.61 Å². The van der Waals surface area contributed by atoms with E-state index in [0.717, 1.165) is 16.0 Å². The van der Waals surface area contributed by atoms with Crippen molar-refractivity contribution in [3.8, 4) is 5.75 Å². The Kier molecular flexibility index (Phi) is 3.71. The van der Waals surface area contributed by atoms with Gasteiger partial charge in [-0.25, -0.2) is 9.97 Å². The van der Waals surface area contributed by atoms with Crippen molar-refractivity contribution in [1.82, 2.24) is 9.97 Å². The van der Waals surface area contributed by atoms with Crippen LogP contribution in [0.4, 0.5) is 5.82 Å². The van der Waals surface area contributed by atoms with Gasteiger partial charge in [0.15, 0.2) is 5.82 Å². The zero-order valence-corrected chi connectivity index (χ0v) is 12.3. The van der Waals surface area contributed by atoms with Crippen LogP contribution in [-0.4, -0.2) is 17.0 Å². The number of thiophene rings is 1. The van der Waals surface area contributed by atoms with E-state index in [-0.39, 0.29) is 6.61 Å². The van der Waals surface area contributed by atoms with Gasteiger partial charge in [0.25, 0.3) is 0 Å². The van der Waals surface area contributed by atoms with E-state index in [1.807, 2.05) is 36.7 Å². The second-order valence-corrected chi connectivity index (χ2v) is 5.40. The van der Waals surface area contributed by atoms with Gasteiger partial charge in [0.2, 0.25) is 0 Å². The van der Waals surface area contributed by atoms with Crippen molar-refractivity contribution in [3.05, 3.63) is 46.6 Å². The lowest BCUT2D eigenvalue weighted by Crippen LogP contribution is -2.04. The lowest BCUT2D eigenvalue weighted by molar-refractivity contribution is 0.297. The third-order valence-corrected chi connectivity index (χ3v) is 3.92. The highest BCUT2D eigenvalue weighted by Gasteiger charge is 2.09. The largest absolute Gasteiger partial charge is 0.484 e. The van der Waals surface area contributed by atoms with Crippen LogP contribution < -0.4 is 10.1 Å². The van der Waals surface area contributed by atoms with Crippen LogP contribution in [-0.2, 0) is 6.61 Å². The van der Waals surface area contributed by atoms with Gasteiger partial charge in [-0.3, -0.25) is 0 Å². The number of ether oxygens (including phenoxy) is 1. The van der Waals surface area contributed by atoms with E-state index in [2.05, 4.69) is 15.3 Å². The minimum atomic E-state index is 0.284. The van der Waals surface area contributed by atoms with E-state index in [4.69, 9.17) is 16.3 Å². The Balaban J connectivity index is 1.86. The molecule has 20 heavy (non-hydrogen) atoms. The van der Waals surface area contributed by atoms with Crippen LogP contribution in [0.15, 0.2) is 35.7 Å². The molecule has 0 bridgehead atoms. The molecule has 0 amide bonds. The average Bonchev–Trinajstić information content (AvgIpc) is 2.94. The quantitative estimate of drug-likeness (QED) is 0.792. The smallest absolute Gasteiger partial charge is 0.169 e. The minimum absolute atomic E-state index is 0.284. The lowest BCUT2D eigenvalue weighted by Gasteiger charge is -2.08. The molecule has 3 aromatic rings. The number of hydrogen-bond acceptors (Lipinski definition) is 5. The van der Waals surface area contributed by atoms with Crippen molar-refractivity contribution in [1.29, 1.82) is 0 Å². The van der Waals surface area contributed by atoms with Gasteiger partial charge < -0.3 is 10.1 Å². The fourth-order valence-corrected chi connectivity index (χ4v) is 2.83. The second kappa shape index (κ2) is 5.64. The molecular formula is C14H12ClN3OS. The maximum absolute atomic E-state index is 6.05. The highest BCUT2D eigenvalue weighted by Crippen LogP contribution is 2.26. The van der Waals surface area contributed by atoms with Crippen molar-refractivity contribution < 1.29 is 4.74 Å². The molecule has 6 heteroatoms. The van der Waals surface area contributed by atoms with E-state index in [0.29, 0.717) is 16.6 Å². The number of nitrogens with zero attached hydrogens (tertiary/aromatic N) is 2. The first-order valence-electron chi connectivity index (χ1n) is 6.07. The van der Waals surface area contributed by atoms with Crippen molar-refractivity contribution in [3.63, 3.8) is 0 Å². The van der Waals surface area contributed by atoms with Gasteiger partial charge in [0, 0.05) is 7.05 Å². The van der Waals surface area contributed by atoms with Crippen LogP contribution >= 0.6 is 22.9 Å². The third kappa shape index (κ3) is 2.55. The first-order valence-corrected chi connectivity index (χ1v) is 7.33. The maximum Gasteiger partial charge on any atom is 0.169 e. The summed E-state index contributed by atoms with van der Waals surface area (Å²) in [7, 11) is 1.85. The van der Waals surface area contributed by atoms with Gasteiger partial charge in [0.05, 0.1) is 10.4 Å². The molecule has 102 valence electrons. The molecule has 0 spiro atoms. The van der Waals surface area contributed by atoms with E-state index in [1.54, 1.807) is 17.4 Å². The molecule has 0 radical (unpaired) electrons. The number of halogens is 1. The Morgan fingerprint density at radius 3 is 2.90 bits per heavy atom. The molecule has 0 aliphatic carbocycles. The molecule has 0 saturated carbocycles. The molecule has 4 nitrogen and oxygen atoms in total. The molecular weight excluding hydrogens is 294 g/mol. The SMILES string of the molecule is CNc1nc(COc2ccccc2Cl)nc2sccc12. The van der Waals surface area contributed by atoms with Crippen LogP contribution in [0.1, 0.15) is 5.82 Å². The first kappa shape index (κ1) is 13.1. The molecule has 2 heterocycles. The van der Waals surface area contributed by atoms with Gasteiger partial charge in [0.1, 0.15) is 23.0 Å². The molecule has 0 unspecified atom stereocenters. The fraction of sp³-hybridized carbons (Fsp3) is 0.143. The number of benzene rings is 1. The van der Waals surface area contributed by atoms with E-state index in [9.17, 15) is 0 Å². The topological polar surface area (TPSA) is 47.0 Å². The number of hydrogen-bond donors (Lipinski definition) is 1. The highest BCUT2D eigenvalue weighted by atomic mass is 35.5. The Morgan fingerprint density at radius 1 is 1.25 bits per heavy atom. The molecule has 1 N–H and O–H groups in total. The van der Waals surface area contributed by atoms with Gasteiger partial charge in [-0.05, 0) is 23.6 Å². The summed E-state index contributed by atoms with van der Waals surface area (Å²) in [6.07, 6.45) is 0. The lowest BCUT2D eigenvalue weighted by atomic mass is 10.3. The number of fused-ring (bicyclic) bond motifs is 1. The molecule has 0 atom stereocenters. The van der Waals surface area contributed by atoms with Crippen LogP contribution in [0.5, 0.6) is 5.75 Å². The van der Waals surface area contributed by atoms with E-state index in [1.165, 1.54) is 0 Å². The summed E-state index contributed by atoms with van der Waals surface area (Å²) in [5.41, 5.74) is 0. The van der Waals surface area contributed by atoms with E-state index >= 15 is 0 Å². The average molecular weight is 306 g/mol. The standard InChI is InChI=1S/C14H12ClN3OS/c1-16-13-9-6-7-20-14(9)18-12(17-13)8-19-11-5-3-2-4-10(11)15/h2-7H,8H2,1H3,(H,16,17,18). The number of aromatic nitrogens is 2.